The maximum Gasteiger partial charge on any atom is 0.325 e. The molecule has 0 aromatic carbocycles. The molecule has 0 radical (unpaired) electrons. The summed E-state index contributed by atoms with van der Waals surface area (Å²) < 4.78 is 4.56. The zero-order valence-corrected chi connectivity index (χ0v) is 10.3. The van der Waals surface area contributed by atoms with Gasteiger partial charge in [0, 0.05) is 13.1 Å². The Balaban J connectivity index is 2.11. The number of ether oxygens (including phenoxy) is 1. The van der Waals surface area contributed by atoms with E-state index in [9.17, 15) is 14.4 Å². The molecule has 2 amide bonds. The number of piperazine rings is 1. The molecule has 0 N–H and O–H groups in total. The smallest absolute Gasteiger partial charge is 0.325 e. The highest BCUT2D eigenvalue weighted by atomic mass is 16.5. The summed E-state index contributed by atoms with van der Waals surface area (Å²) in [7, 11) is 1.29. The molecule has 0 aromatic rings. The number of nitrogens with zero attached hydrogens (tertiary/aromatic N) is 2. The van der Waals surface area contributed by atoms with Gasteiger partial charge < -0.3 is 14.5 Å². The summed E-state index contributed by atoms with van der Waals surface area (Å²) in [5, 5.41) is 0. The Morgan fingerprint density at radius 2 is 2.11 bits per heavy atom. The van der Waals surface area contributed by atoms with Crippen molar-refractivity contribution in [3.63, 3.8) is 0 Å². The van der Waals surface area contributed by atoms with E-state index in [0.717, 1.165) is 0 Å². The number of hydrogen-bond acceptors (Lipinski definition) is 4. The monoisotopic (exact) mass is 252 g/mol. The largest absolute Gasteiger partial charge is 0.468 e. The summed E-state index contributed by atoms with van der Waals surface area (Å²) in [6.07, 6.45) is 2.54. The number of carbonyl (C=O) groups is 3. The Hall–Kier alpha value is -1.85. The van der Waals surface area contributed by atoms with Crippen LogP contribution in [0.5, 0.6) is 0 Å². The van der Waals surface area contributed by atoms with Crippen LogP contribution in [0.2, 0.25) is 0 Å². The first-order valence-electron chi connectivity index (χ1n) is 5.85. The van der Waals surface area contributed by atoms with Gasteiger partial charge in [-0.2, -0.15) is 0 Å². The minimum atomic E-state index is -0.725. The van der Waals surface area contributed by atoms with Crippen molar-refractivity contribution in [1.82, 2.24) is 9.80 Å². The molecule has 1 spiro atoms. The lowest BCUT2D eigenvalue weighted by atomic mass is 10.1. The Labute approximate surface area is 105 Å². The second-order valence-electron chi connectivity index (χ2n) is 4.53. The van der Waals surface area contributed by atoms with E-state index < -0.39 is 11.5 Å². The number of hydrogen-bond donors (Lipinski definition) is 0. The summed E-state index contributed by atoms with van der Waals surface area (Å²) in [6, 6.07) is 0. The lowest BCUT2D eigenvalue weighted by molar-refractivity contribution is -0.156. The number of amides is 2. The van der Waals surface area contributed by atoms with Crippen LogP contribution < -0.4 is 0 Å². The maximum absolute atomic E-state index is 12.3. The molecular formula is C12H16N2O4. The van der Waals surface area contributed by atoms with Crippen molar-refractivity contribution in [2.24, 2.45) is 0 Å². The summed E-state index contributed by atoms with van der Waals surface area (Å²) in [5.41, 5.74) is -0.725. The molecule has 0 atom stereocenters. The third-order valence-electron chi connectivity index (χ3n) is 3.51. The molecule has 18 heavy (non-hydrogen) atoms. The van der Waals surface area contributed by atoms with E-state index in [0.29, 0.717) is 25.9 Å². The number of rotatable bonds is 3. The van der Waals surface area contributed by atoms with Gasteiger partial charge in [-0.15, -0.1) is 0 Å². The van der Waals surface area contributed by atoms with Crippen LogP contribution in [0.1, 0.15) is 12.8 Å². The van der Waals surface area contributed by atoms with Gasteiger partial charge in [-0.3, -0.25) is 14.4 Å². The summed E-state index contributed by atoms with van der Waals surface area (Å²) >= 11 is 0. The topological polar surface area (TPSA) is 66.9 Å². The predicted octanol–water partition coefficient (Wildman–Crippen LogP) is -0.451. The fourth-order valence-corrected chi connectivity index (χ4v) is 2.35. The van der Waals surface area contributed by atoms with E-state index in [1.807, 2.05) is 0 Å². The van der Waals surface area contributed by atoms with Crippen LogP contribution in [0.3, 0.4) is 0 Å². The van der Waals surface area contributed by atoms with Crippen molar-refractivity contribution in [3.8, 4) is 0 Å². The molecule has 2 fully saturated rings. The molecule has 1 heterocycles. The average Bonchev–Trinajstić information content (AvgIpc) is 3.16. The van der Waals surface area contributed by atoms with Crippen molar-refractivity contribution < 1.29 is 19.1 Å². The summed E-state index contributed by atoms with van der Waals surface area (Å²) in [5.74, 6) is -0.824. The molecule has 2 aliphatic rings. The Morgan fingerprint density at radius 1 is 1.44 bits per heavy atom. The van der Waals surface area contributed by atoms with Gasteiger partial charge >= 0.3 is 5.97 Å². The quantitative estimate of drug-likeness (QED) is 0.504. The lowest BCUT2D eigenvalue weighted by Gasteiger charge is -2.40. The van der Waals surface area contributed by atoms with Gasteiger partial charge in [0.15, 0.2) is 0 Å². The summed E-state index contributed by atoms with van der Waals surface area (Å²) in [4.78, 5) is 38.2. The Kier molecular flexibility index (Phi) is 3.11. The molecule has 6 heteroatoms. The highest BCUT2D eigenvalue weighted by Crippen LogP contribution is 2.45. The van der Waals surface area contributed by atoms with Gasteiger partial charge in [-0.1, -0.05) is 6.58 Å². The second-order valence-corrected chi connectivity index (χ2v) is 4.53. The van der Waals surface area contributed by atoms with Gasteiger partial charge in [-0.05, 0) is 18.9 Å². The molecule has 1 saturated carbocycles. The molecule has 0 unspecified atom stereocenters. The fraction of sp³-hybridized carbons (Fsp3) is 0.583. The predicted molar refractivity (Wildman–Crippen MR) is 62.5 cm³/mol. The lowest BCUT2D eigenvalue weighted by Crippen LogP contribution is -2.61. The highest BCUT2D eigenvalue weighted by molar-refractivity contribution is 5.99. The molecule has 0 bridgehead atoms. The van der Waals surface area contributed by atoms with Crippen LogP contribution in [0, 0.1) is 0 Å². The van der Waals surface area contributed by atoms with Crippen LogP contribution in [0.15, 0.2) is 12.7 Å². The van der Waals surface area contributed by atoms with Gasteiger partial charge in [0.25, 0.3) is 0 Å². The van der Waals surface area contributed by atoms with Crippen LogP contribution in [-0.4, -0.2) is 59.9 Å². The van der Waals surface area contributed by atoms with E-state index in [1.54, 1.807) is 4.90 Å². The Morgan fingerprint density at radius 3 is 2.61 bits per heavy atom. The minimum Gasteiger partial charge on any atom is -0.468 e. The molecule has 2 rings (SSSR count). The number of methoxy groups -OCH3 is 1. The van der Waals surface area contributed by atoms with Crippen LogP contribution >= 0.6 is 0 Å². The van der Waals surface area contributed by atoms with E-state index in [4.69, 9.17) is 0 Å². The van der Waals surface area contributed by atoms with Crippen LogP contribution in [-0.2, 0) is 19.1 Å². The first-order chi connectivity index (χ1) is 8.55. The van der Waals surface area contributed by atoms with Crippen molar-refractivity contribution in [3.05, 3.63) is 12.7 Å². The van der Waals surface area contributed by atoms with Crippen LogP contribution in [0.4, 0.5) is 0 Å². The van der Waals surface area contributed by atoms with E-state index >= 15 is 0 Å². The minimum absolute atomic E-state index is 0.0484. The Bertz CT molecular complexity index is 414. The first-order valence-corrected chi connectivity index (χ1v) is 5.85. The molecule has 1 aliphatic carbocycles. The molecule has 98 valence electrons. The highest BCUT2D eigenvalue weighted by Gasteiger charge is 2.59. The first kappa shape index (κ1) is 12.6. The average molecular weight is 252 g/mol. The van der Waals surface area contributed by atoms with Crippen molar-refractivity contribution >= 4 is 17.8 Å². The van der Waals surface area contributed by atoms with E-state index in [2.05, 4.69) is 11.3 Å². The third kappa shape index (κ3) is 1.87. The van der Waals surface area contributed by atoms with Crippen molar-refractivity contribution in [2.75, 3.05) is 26.7 Å². The molecule has 6 nitrogen and oxygen atoms in total. The zero-order valence-electron chi connectivity index (χ0n) is 10.3. The zero-order chi connectivity index (χ0) is 13.3. The molecule has 0 aromatic heterocycles. The third-order valence-corrected chi connectivity index (χ3v) is 3.51. The number of esters is 1. The van der Waals surface area contributed by atoms with E-state index in [1.165, 1.54) is 18.1 Å². The van der Waals surface area contributed by atoms with Gasteiger partial charge in [0.2, 0.25) is 11.8 Å². The normalized spacial score (nSPS) is 20.8. The van der Waals surface area contributed by atoms with Crippen LogP contribution in [0.25, 0.3) is 0 Å². The second kappa shape index (κ2) is 4.44. The maximum atomic E-state index is 12.3. The van der Waals surface area contributed by atoms with Crippen molar-refractivity contribution in [1.29, 1.82) is 0 Å². The fourth-order valence-electron chi connectivity index (χ4n) is 2.35. The number of carbonyl (C=O) groups excluding carboxylic acids is 3. The van der Waals surface area contributed by atoms with Crippen molar-refractivity contribution in [2.45, 2.75) is 18.4 Å². The molecular weight excluding hydrogens is 236 g/mol. The van der Waals surface area contributed by atoms with Gasteiger partial charge in [0.05, 0.1) is 7.11 Å². The summed E-state index contributed by atoms with van der Waals surface area (Å²) in [6.45, 7) is 4.19. The molecule has 1 saturated heterocycles. The van der Waals surface area contributed by atoms with E-state index in [-0.39, 0.29) is 18.4 Å². The van der Waals surface area contributed by atoms with Gasteiger partial charge in [-0.25, -0.2) is 0 Å². The van der Waals surface area contributed by atoms with Gasteiger partial charge in [0.1, 0.15) is 12.1 Å². The molecule has 1 aliphatic heterocycles. The standard InChI is InChI=1S/C12H16N2O4/c1-3-9(15)14-7-6-13(8-10(16)18-2)11(17)12(14)4-5-12/h3H,1,4-8H2,2H3. The SMILES string of the molecule is C=CC(=O)N1CCN(CC(=O)OC)C(=O)C12CC2.